The maximum Gasteiger partial charge on any atom is 0.263 e. The van der Waals surface area contributed by atoms with Gasteiger partial charge in [0.1, 0.15) is 11.5 Å². The lowest BCUT2D eigenvalue weighted by Gasteiger charge is -2.07. The maximum atomic E-state index is 9.03. The molecule has 21 heteroatoms. The molecule has 6 aromatic heterocycles. The second-order valence-electron chi connectivity index (χ2n) is 10.4. The van der Waals surface area contributed by atoms with Crippen molar-refractivity contribution < 1.29 is 38.7 Å². The van der Waals surface area contributed by atoms with Crippen LogP contribution in [0, 0.1) is 0 Å². The Morgan fingerprint density at radius 3 is 1.43 bits per heavy atom. The van der Waals surface area contributed by atoms with Crippen molar-refractivity contribution in [1.29, 1.82) is 0 Å². The normalized spacial score (nSPS) is 9.48. The minimum absolute atomic E-state index is 0.180. The van der Waals surface area contributed by atoms with Crippen LogP contribution in [0.1, 0.15) is 27.7 Å². The molecule has 0 unspecified atom stereocenters. The number of aromatic nitrogens is 6. The van der Waals surface area contributed by atoms with Crippen molar-refractivity contribution in [2.24, 2.45) is 0 Å². The molecule has 324 valence electrons. The molecule has 6 heterocycles. The summed E-state index contributed by atoms with van der Waals surface area (Å²) in [6.45, 7) is 10.1. The number of pyridine rings is 6. The second-order valence-corrected chi connectivity index (χ2v) is 17.2. The zero-order valence-electron chi connectivity index (χ0n) is 32.7. The lowest BCUT2D eigenvalue weighted by atomic mass is 10.4. The Bertz CT molecular complexity index is 2040. The molecule has 0 spiro atoms. The van der Waals surface area contributed by atoms with Crippen molar-refractivity contribution in [3.05, 3.63) is 135 Å². The van der Waals surface area contributed by atoms with Gasteiger partial charge in [-0.2, -0.15) is 0 Å². The number of aromatic hydroxyl groups is 1. The molecule has 13 nitrogen and oxygen atoms in total. The number of halogens is 8. The second kappa shape index (κ2) is 32.8. The molecular formula is C39H41Br7ClN6O7+. The summed E-state index contributed by atoms with van der Waals surface area (Å²) in [6, 6.07) is 10.8. The molecule has 2 N–H and O–H groups in total. The zero-order chi connectivity index (χ0) is 44.9. The Kier molecular flexibility index (Phi) is 30.2. The van der Waals surface area contributed by atoms with E-state index in [2.05, 4.69) is 136 Å². The smallest absolute Gasteiger partial charge is 0.263 e. The van der Waals surface area contributed by atoms with E-state index in [1.807, 2.05) is 45.9 Å². The van der Waals surface area contributed by atoms with Crippen molar-refractivity contribution >= 4 is 123 Å². The predicted octanol–water partition coefficient (Wildman–Crippen LogP) is 12.9. The molecule has 0 radical (unpaired) electrons. The van der Waals surface area contributed by atoms with Crippen molar-refractivity contribution in [3.63, 3.8) is 0 Å². The van der Waals surface area contributed by atoms with E-state index >= 15 is 0 Å². The summed E-state index contributed by atoms with van der Waals surface area (Å²) in [5.74, 6) is 3.42. The zero-order valence-corrected chi connectivity index (χ0v) is 44.6. The third kappa shape index (κ3) is 25.8. The first kappa shape index (κ1) is 55.2. The van der Waals surface area contributed by atoms with E-state index in [0.717, 1.165) is 41.8 Å². The van der Waals surface area contributed by atoms with Gasteiger partial charge in [-0.25, -0.2) is 9.97 Å². The van der Waals surface area contributed by atoms with Crippen molar-refractivity contribution in [2.45, 2.75) is 27.7 Å². The van der Waals surface area contributed by atoms with Crippen LogP contribution in [0.25, 0.3) is 0 Å². The third-order valence-corrected chi connectivity index (χ3v) is 9.13. The quantitative estimate of drug-likeness (QED) is 0.0804. The topological polar surface area (TPSA) is 155 Å². The fraction of sp³-hybridized carbons (Fsp3) is 0.231. The maximum absolute atomic E-state index is 9.03. The number of nitrogens with zero attached hydrogens (tertiary/aromatic N) is 6. The molecule has 0 saturated carbocycles. The van der Waals surface area contributed by atoms with E-state index in [4.69, 9.17) is 45.6 Å². The number of hydrogen-bond donors (Lipinski definition) is 2. The molecule has 0 saturated heterocycles. The number of hydrogen-bond acceptors (Lipinski definition) is 12. The highest BCUT2D eigenvalue weighted by atomic mass is 79.9. The van der Waals surface area contributed by atoms with Crippen LogP contribution in [0.15, 0.2) is 130 Å². The van der Waals surface area contributed by atoms with E-state index in [1.165, 1.54) is 18.6 Å². The largest absolute Gasteiger partial charge is 0.506 e. The molecular weight excluding hydrogens is 1260 g/mol. The van der Waals surface area contributed by atoms with Gasteiger partial charge in [-0.3, -0.25) is 20.2 Å². The van der Waals surface area contributed by atoms with Crippen LogP contribution in [0.4, 0.5) is 0 Å². The van der Waals surface area contributed by atoms with Crippen LogP contribution in [0.2, 0.25) is 5.15 Å². The average Bonchev–Trinajstić information content (AvgIpc) is 3.18. The van der Waals surface area contributed by atoms with Crippen LogP contribution >= 0.6 is 123 Å². The molecule has 0 aromatic carbocycles. The van der Waals surface area contributed by atoms with Gasteiger partial charge in [0.25, 0.3) is 12.1 Å². The molecule has 0 aliphatic rings. The Morgan fingerprint density at radius 1 is 0.517 bits per heavy atom. The summed E-state index contributed by atoms with van der Waals surface area (Å²) in [5, 5.41) is 18.1. The van der Waals surface area contributed by atoms with Crippen molar-refractivity contribution in [2.75, 3.05) is 33.5 Å². The lowest BCUT2D eigenvalue weighted by molar-refractivity contribution is -0.905. The van der Waals surface area contributed by atoms with Crippen LogP contribution in [-0.4, -0.2) is 68.8 Å². The molecule has 6 rings (SSSR count). The fourth-order valence-corrected chi connectivity index (χ4v) is 6.60. The minimum atomic E-state index is 0.180. The van der Waals surface area contributed by atoms with Crippen LogP contribution < -0.4 is 28.4 Å². The van der Waals surface area contributed by atoms with Gasteiger partial charge in [-0.15, -0.1) is 0 Å². The molecule has 0 fully saturated rings. The van der Waals surface area contributed by atoms with Gasteiger partial charge >= 0.3 is 0 Å². The Morgan fingerprint density at radius 2 is 0.967 bits per heavy atom. The standard InChI is InChI=1S/C8H10BrNO2.C7H7BrClNO.C7H9BrNO2.C7H8BrNO.C5H3Br2N.C5H4BrNO/c1-3-12-7-4-6(9)5-10-8(7)11-2;1-2-11-6-3-5(8)4-10-7(6)9;1-2-11-7-3-6(8)4-9(10)5-7;1-2-10-7-3-6(8)4-9-5-7;6-4-1-5(7)3-8-2-4;6-4-1-5(8)3-7-2-4/h4-5H,3H2,1-2H3;3-4H,2H2,1H3;3-5,10H,2H2,1H3;3-5H,2H2,1H3;1-3H;1-3,8H/q;;+1;;;. The number of methoxy groups -OCH3 is 1. The van der Waals surface area contributed by atoms with Crippen LogP contribution in [0.3, 0.4) is 0 Å². The van der Waals surface area contributed by atoms with Gasteiger partial charge in [0.05, 0.1) is 50.4 Å². The van der Waals surface area contributed by atoms with E-state index in [9.17, 15) is 0 Å². The van der Waals surface area contributed by atoms with Crippen LogP contribution in [-0.2, 0) is 0 Å². The summed E-state index contributed by atoms with van der Waals surface area (Å²) >= 11 is 28.5. The van der Waals surface area contributed by atoms with Gasteiger partial charge < -0.3 is 28.8 Å². The molecule has 0 aliphatic heterocycles. The summed E-state index contributed by atoms with van der Waals surface area (Å²) in [4.78, 5) is 19.4. The summed E-state index contributed by atoms with van der Waals surface area (Å²) in [5.41, 5.74) is 0. The molecule has 0 atom stereocenters. The highest BCUT2D eigenvalue weighted by molar-refractivity contribution is 9.11. The van der Waals surface area contributed by atoms with Crippen molar-refractivity contribution in [3.8, 4) is 34.6 Å². The highest BCUT2D eigenvalue weighted by Crippen LogP contribution is 2.27. The van der Waals surface area contributed by atoms with Gasteiger partial charge in [0.2, 0.25) is 6.20 Å². The van der Waals surface area contributed by atoms with E-state index in [-0.39, 0.29) is 5.75 Å². The van der Waals surface area contributed by atoms with Gasteiger partial charge in [0.15, 0.2) is 22.4 Å². The summed E-state index contributed by atoms with van der Waals surface area (Å²) in [7, 11) is 1.57. The first-order valence-corrected chi connectivity index (χ1v) is 23.2. The number of rotatable bonds is 9. The first-order chi connectivity index (χ1) is 28.6. The third-order valence-electron chi connectivity index (χ3n) is 5.81. The molecule has 6 aromatic rings. The van der Waals surface area contributed by atoms with Gasteiger partial charge in [-0.05, 0) is 163 Å². The van der Waals surface area contributed by atoms with Gasteiger partial charge in [0, 0.05) is 80.9 Å². The molecule has 0 bridgehead atoms. The molecule has 60 heavy (non-hydrogen) atoms. The SMILES string of the molecule is Brc1cncc(Br)c1.CCOc1cc(Br)c[n+](O)c1.CCOc1cc(Br)cnc1Cl.CCOc1cc(Br)cnc1OC.CCOc1cncc(Br)c1.Oc1cncc(Br)c1. The Hall–Kier alpha value is -2.85. The van der Waals surface area contributed by atoms with E-state index < -0.39 is 0 Å². The molecule has 0 aliphatic carbocycles. The highest BCUT2D eigenvalue weighted by Gasteiger charge is 2.06. The monoisotopic (exact) mass is 1290 g/mol. The van der Waals surface area contributed by atoms with E-state index in [1.54, 1.807) is 68.7 Å². The Balaban J connectivity index is 0.000000362. The number of ether oxygens (including phenoxy) is 5. The van der Waals surface area contributed by atoms with E-state index in [0.29, 0.717) is 54.7 Å². The van der Waals surface area contributed by atoms with Crippen molar-refractivity contribution in [1.82, 2.24) is 24.9 Å². The summed E-state index contributed by atoms with van der Waals surface area (Å²) < 4.78 is 33.0. The minimum Gasteiger partial charge on any atom is -0.506 e. The Labute approximate surface area is 413 Å². The fourth-order valence-electron chi connectivity index (χ4n) is 3.66. The predicted molar refractivity (Wildman–Crippen MR) is 257 cm³/mol. The van der Waals surface area contributed by atoms with Gasteiger partial charge in [-0.1, -0.05) is 11.6 Å². The van der Waals surface area contributed by atoms with Crippen LogP contribution in [0.5, 0.6) is 34.6 Å². The average molecular weight is 1300 g/mol. The first-order valence-electron chi connectivity index (χ1n) is 17.2. The lowest BCUT2D eigenvalue weighted by Crippen LogP contribution is -2.28. The summed E-state index contributed by atoms with van der Waals surface area (Å²) in [6.07, 6.45) is 16.2. The molecule has 0 amide bonds.